The lowest BCUT2D eigenvalue weighted by atomic mass is 9.68. The van der Waals surface area contributed by atoms with E-state index in [9.17, 15) is 9.90 Å². The number of hydrogen-bond donors (Lipinski definition) is 1. The Balaban J connectivity index is 1.36. The molecule has 0 bridgehead atoms. The van der Waals surface area contributed by atoms with Crippen molar-refractivity contribution in [2.24, 2.45) is 23.7 Å². The summed E-state index contributed by atoms with van der Waals surface area (Å²) in [4.78, 5) is 14.0. The molecule has 0 aliphatic heterocycles. The third-order valence-corrected chi connectivity index (χ3v) is 10.2. The van der Waals surface area contributed by atoms with Gasteiger partial charge in [-0.1, -0.05) is 82.9 Å². The van der Waals surface area contributed by atoms with Crippen molar-refractivity contribution < 1.29 is 19.4 Å². The molecule has 2 atom stereocenters. The minimum atomic E-state index is -1.01. The number of aliphatic hydroxyl groups excluding tert-OH is 1. The zero-order chi connectivity index (χ0) is 31.9. The van der Waals surface area contributed by atoms with Gasteiger partial charge in [0.25, 0.3) is 0 Å². The van der Waals surface area contributed by atoms with Crippen LogP contribution in [0.25, 0.3) is 0 Å². The summed E-state index contributed by atoms with van der Waals surface area (Å²) in [5, 5.41) is 10.4. The summed E-state index contributed by atoms with van der Waals surface area (Å²) < 4.78 is 11.2. The topological polar surface area (TPSA) is 59.0 Å². The molecular weight excluding hydrogens is 546 g/mol. The second kappa shape index (κ2) is 19.5. The summed E-state index contributed by atoms with van der Waals surface area (Å²) >= 11 is 0. The van der Waals surface area contributed by atoms with E-state index in [1.54, 1.807) is 12.5 Å². The lowest BCUT2D eigenvalue weighted by molar-refractivity contribution is -0.142. The molecule has 0 aromatic heterocycles. The molecule has 44 heavy (non-hydrogen) atoms. The number of nitrogens with zero attached hydrogens (tertiary/aromatic N) is 1. The molecule has 5 nitrogen and oxygen atoms in total. The fourth-order valence-electron chi connectivity index (χ4n) is 7.46. The van der Waals surface area contributed by atoms with E-state index in [0.29, 0.717) is 24.3 Å². The molecule has 2 unspecified atom stereocenters. The van der Waals surface area contributed by atoms with Crippen molar-refractivity contribution in [1.29, 1.82) is 0 Å². The van der Waals surface area contributed by atoms with Gasteiger partial charge in [-0.05, 0) is 119 Å². The molecule has 0 radical (unpaired) electrons. The SMILES string of the molecule is C=C(C)C(=O)OCC(CCCC1CCC(C2CCC(c3ccc(CCCCC)cc3)CC2)CC1)COC(O)C(=C)CN(C)C. The number of esters is 1. The van der Waals surface area contributed by atoms with Crippen LogP contribution in [0.15, 0.2) is 48.6 Å². The van der Waals surface area contributed by atoms with Crippen LogP contribution in [-0.2, 0) is 20.7 Å². The van der Waals surface area contributed by atoms with Crippen LogP contribution in [0.1, 0.15) is 121 Å². The maximum Gasteiger partial charge on any atom is 0.333 e. The summed E-state index contributed by atoms with van der Waals surface area (Å²) in [6.07, 6.45) is 18.3. The van der Waals surface area contributed by atoms with Crippen molar-refractivity contribution in [2.75, 3.05) is 33.9 Å². The van der Waals surface area contributed by atoms with Gasteiger partial charge >= 0.3 is 5.97 Å². The summed E-state index contributed by atoms with van der Waals surface area (Å²) in [6, 6.07) is 9.61. The van der Waals surface area contributed by atoms with Crippen LogP contribution in [0.4, 0.5) is 0 Å². The van der Waals surface area contributed by atoms with Gasteiger partial charge in [0.05, 0.1) is 13.2 Å². The van der Waals surface area contributed by atoms with E-state index in [1.165, 1.54) is 89.0 Å². The van der Waals surface area contributed by atoms with Crippen LogP contribution in [0.2, 0.25) is 0 Å². The van der Waals surface area contributed by atoms with Crippen molar-refractivity contribution in [3.63, 3.8) is 0 Å². The highest BCUT2D eigenvalue weighted by atomic mass is 16.6. The van der Waals surface area contributed by atoms with Crippen LogP contribution >= 0.6 is 0 Å². The second-order valence-corrected chi connectivity index (χ2v) is 14.3. The molecule has 0 heterocycles. The van der Waals surface area contributed by atoms with E-state index in [-0.39, 0.29) is 18.5 Å². The Labute approximate surface area is 269 Å². The van der Waals surface area contributed by atoms with E-state index in [1.807, 2.05) is 19.0 Å². The summed E-state index contributed by atoms with van der Waals surface area (Å²) in [5.74, 6) is 3.06. The Morgan fingerprint density at radius 2 is 1.57 bits per heavy atom. The fourth-order valence-corrected chi connectivity index (χ4v) is 7.46. The molecule has 2 saturated carbocycles. The van der Waals surface area contributed by atoms with Gasteiger partial charge in [0.15, 0.2) is 6.29 Å². The number of unbranched alkanes of at least 4 members (excludes halogenated alkanes) is 2. The van der Waals surface area contributed by atoms with Gasteiger partial charge in [-0.2, -0.15) is 0 Å². The molecule has 3 rings (SSSR count). The lowest BCUT2D eigenvalue weighted by Crippen LogP contribution is -2.28. The molecule has 2 fully saturated rings. The van der Waals surface area contributed by atoms with Crippen LogP contribution in [-0.4, -0.2) is 56.1 Å². The molecule has 0 amide bonds. The number of aryl methyl sites for hydroxylation is 1. The second-order valence-electron chi connectivity index (χ2n) is 14.3. The van der Waals surface area contributed by atoms with Gasteiger partial charge in [0, 0.05) is 18.0 Å². The summed E-state index contributed by atoms with van der Waals surface area (Å²) in [6.45, 7) is 12.8. The molecule has 1 N–H and O–H groups in total. The zero-order valence-corrected chi connectivity index (χ0v) is 28.5. The maximum atomic E-state index is 12.0. The first-order chi connectivity index (χ1) is 21.2. The predicted octanol–water partition coefficient (Wildman–Crippen LogP) is 8.86. The molecule has 2 aliphatic rings. The zero-order valence-electron chi connectivity index (χ0n) is 28.5. The van der Waals surface area contributed by atoms with Crippen molar-refractivity contribution in [3.8, 4) is 0 Å². The number of hydrogen-bond acceptors (Lipinski definition) is 5. The minimum absolute atomic E-state index is 0.0453. The van der Waals surface area contributed by atoms with Gasteiger partial charge in [0.2, 0.25) is 0 Å². The van der Waals surface area contributed by atoms with E-state index in [4.69, 9.17) is 9.47 Å². The highest BCUT2D eigenvalue weighted by Gasteiger charge is 2.31. The number of rotatable bonds is 19. The Morgan fingerprint density at radius 1 is 0.932 bits per heavy atom. The van der Waals surface area contributed by atoms with E-state index < -0.39 is 6.29 Å². The molecule has 1 aromatic carbocycles. The van der Waals surface area contributed by atoms with Crippen molar-refractivity contribution in [3.05, 3.63) is 59.7 Å². The van der Waals surface area contributed by atoms with Crippen LogP contribution in [0, 0.1) is 23.7 Å². The minimum Gasteiger partial charge on any atom is -0.462 e. The fraction of sp³-hybridized carbons (Fsp3) is 0.718. The smallest absolute Gasteiger partial charge is 0.333 e. The average molecular weight is 610 g/mol. The maximum absolute atomic E-state index is 12.0. The lowest BCUT2D eigenvalue weighted by Gasteiger charge is -2.38. The van der Waals surface area contributed by atoms with Gasteiger partial charge in [0.1, 0.15) is 0 Å². The first-order valence-electron chi connectivity index (χ1n) is 17.7. The molecule has 2 aliphatic carbocycles. The first kappa shape index (κ1) is 36.5. The Kier molecular flexibility index (Phi) is 16.2. The van der Waals surface area contributed by atoms with E-state index in [0.717, 1.165) is 36.5 Å². The van der Waals surface area contributed by atoms with Crippen LogP contribution in [0.3, 0.4) is 0 Å². The highest BCUT2D eigenvalue weighted by molar-refractivity contribution is 5.86. The largest absolute Gasteiger partial charge is 0.462 e. The normalized spacial score (nSPS) is 23.7. The standard InChI is InChI=1S/C39H63NO4/c1-7-8-9-11-31-14-18-34(19-15-31)36-22-24-37(25-23-36)35-20-16-32(17-21-35)12-10-13-33(27-43-38(41)29(2)3)28-44-39(42)30(4)26-40(5)6/h14-15,18-19,32-33,35-37,39,42H,2,4,7-13,16-17,20-28H2,1,3,5-6H3. The van der Waals surface area contributed by atoms with Gasteiger partial charge in [-0.15, -0.1) is 0 Å². The molecular formula is C39H63NO4. The van der Waals surface area contributed by atoms with Gasteiger partial charge in [-0.25, -0.2) is 4.79 Å². The van der Waals surface area contributed by atoms with E-state index >= 15 is 0 Å². The molecule has 1 aromatic rings. The van der Waals surface area contributed by atoms with Crippen molar-refractivity contribution in [2.45, 2.75) is 122 Å². The average Bonchev–Trinajstić information content (AvgIpc) is 3.02. The number of carbonyl (C=O) groups is 1. The molecule has 248 valence electrons. The van der Waals surface area contributed by atoms with E-state index in [2.05, 4.69) is 44.3 Å². The number of carbonyl (C=O) groups excluding carboxylic acids is 1. The van der Waals surface area contributed by atoms with Crippen molar-refractivity contribution >= 4 is 5.97 Å². The van der Waals surface area contributed by atoms with Crippen LogP contribution < -0.4 is 0 Å². The third-order valence-electron chi connectivity index (χ3n) is 10.2. The molecule has 0 spiro atoms. The Bertz CT molecular complexity index is 986. The first-order valence-corrected chi connectivity index (χ1v) is 17.7. The number of benzene rings is 1. The number of aliphatic hydroxyl groups is 1. The van der Waals surface area contributed by atoms with Gasteiger partial charge < -0.3 is 19.5 Å². The van der Waals surface area contributed by atoms with Crippen molar-refractivity contribution in [1.82, 2.24) is 4.90 Å². The summed E-state index contributed by atoms with van der Waals surface area (Å²) in [7, 11) is 3.87. The van der Waals surface area contributed by atoms with Crippen LogP contribution in [0.5, 0.6) is 0 Å². The predicted molar refractivity (Wildman–Crippen MR) is 183 cm³/mol. The molecule has 0 saturated heterocycles. The summed E-state index contributed by atoms with van der Waals surface area (Å²) in [5.41, 5.74) is 4.10. The monoisotopic (exact) mass is 609 g/mol. The molecule has 5 heteroatoms. The highest BCUT2D eigenvalue weighted by Crippen LogP contribution is 2.44. The Morgan fingerprint density at radius 3 is 2.16 bits per heavy atom. The van der Waals surface area contributed by atoms with Gasteiger partial charge in [-0.3, -0.25) is 0 Å². The number of likely N-dealkylation sites (N-methyl/N-ethyl adjacent to an activating group) is 1. The third kappa shape index (κ3) is 12.8. The number of ether oxygens (including phenoxy) is 2. The Hall–Kier alpha value is -1.95. The quantitative estimate of drug-likeness (QED) is 0.0558.